The van der Waals surface area contributed by atoms with Crippen molar-refractivity contribution in [2.24, 2.45) is 13.0 Å². The molecule has 0 N–H and O–H groups in total. The zero-order valence-electron chi connectivity index (χ0n) is 14.0. The van der Waals surface area contributed by atoms with Crippen molar-refractivity contribution in [1.29, 1.82) is 0 Å². The van der Waals surface area contributed by atoms with Crippen LogP contribution in [0.4, 0.5) is 0 Å². The Hall–Kier alpha value is -1.36. The van der Waals surface area contributed by atoms with Gasteiger partial charge in [-0.05, 0) is 40.2 Å². The second-order valence-electron chi connectivity index (χ2n) is 6.62. The Kier molecular flexibility index (Phi) is 5.04. The summed E-state index contributed by atoms with van der Waals surface area (Å²) in [5.74, 6) is 0.888. The third kappa shape index (κ3) is 3.84. The molecule has 5 nitrogen and oxygen atoms in total. The molecule has 1 aromatic rings. The molecule has 118 valence electrons. The lowest BCUT2D eigenvalue weighted by molar-refractivity contribution is -0.136. The number of rotatable bonds is 5. The lowest BCUT2D eigenvalue weighted by Gasteiger charge is -2.37. The van der Waals surface area contributed by atoms with Crippen molar-refractivity contribution >= 4 is 5.91 Å². The zero-order chi connectivity index (χ0) is 15.6. The first-order valence-electron chi connectivity index (χ1n) is 7.84. The minimum atomic E-state index is 0.311. The molecule has 0 radical (unpaired) electrons. The van der Waals surface area contributed by atoms with Crippen molar-refractivity contribution in [3.05, 3.63) is 17.5 Å². The first-order chi connectivity index (χ1) is 9.88. The van der Waals surface area contributed by atoms with Crippen molar-refractivity contribution in [3.63, 3.8) is 0 Å². The third-order valence-corrected chi connectivity index (χ3v) is 4.51. The monoisotopic (exact) mass is 292 g/mol. The highest BCUT2D eigenvalue weighted by Gasteiger charge is 2.27. The largest absolute Gasteiger partial charge is 0.340 e. The summed E-state index contributed by atoms with van der Waals surface area (Å²) in [5, 5.41) is 4.30. The van der Waals surface area contributed by atoms with Gasteiger partial charge in [-0.3, -0.25) is 9.48 Å². The van der Waals surface area contributed by atoms with Gasteiger partial charge in [0.2, 0.25) is 5.91 Å². The summed E-state index contributed by atoms with van der Waals surface area (Å²) in [4.78, 5) is 16.3. The topological polar surface area (TPSA) is 41.4 Å². The molecule has 1 aliphatic heterocycles. The van der Waals surface area contributed by atoms with Crippen LogP contribution in [0.1, 0.15) is 37.9 Å². The Balaban J connectivity index is 1.89. The van der Waals surface area contributed by atoms with E-state index in [-0.39, 0.29) is 0 Å². The van der Waals surface area contributed by atoms with E-state index < -0.39 is 0 Å². The van der Waals surface area contributed by atoms with Crippen LogP contribution >= 0.6 is 0 Å². The Morgan fingerprint density at radius 3 is 2.76 bits per heavy atom. The summed E-state index contributed by atoms with van der Waals surface area (Å²) in [6.45, 7) is 9.16. The maximum absolute atomic E-state index is 11.9. The molecule has 0 aromatic carbocycles. The predicted molar refractivity (Wildman–Crippen MR) is 83.9 cm³/mol. The summed E-state index contributed by atoms with van der Waals surface area (Å²) < 4.78 is 1.92. The summed E-state index contributed by atoms with van der Waals surface area (Å²) in [6, 6.07) is 0.311. The minimum Gasteiger partial charge on any atom is -0.340 e. The molecule has 2 rings (SSSR count). The van der Waals surface area contributed by atoms with Crippen LogP contribution in [0, 0.1) is 12.8 Å². The SMILES string of the molecule is Cc1c(CN(C)CC2CCC(=O)N(C(C)C)C2)cnn1C. The van der Waals surface area contributed by atoms with Crippen molar-refractivity contribution in [1.82, 2.24) is 19.6 Å². The van der Waals surface area contributed by atoms with Gasteiger partial charge in [0.1, 0.15) is 0 Å². The highest BCUT2D eigenvalue weighted by atomic mass is 16.2. The van der Waals surface area contributed by atoms with Crippen LogP contribution in [0.2, 0.25) is 0 Å². The molecule has 1 unspecified atom stereocenters. The van der Waals surface area contributed by atoms with Gasteiger partial charge in [0, 0.05) is 50.4 Å². The first-order valence-corrected chi connectivity index (χ1v) is 7.84. The number of likely N-dealkylation sites (tertiary alicyclic amines) is 1. The van der Waals surface area contributed by atoms with Crippen molar-refractivity contribution < 1.29 is 4.79 Å². The summed E-state index contributed by atoms with van der Waals surface area (Å²) >= 11 is 0. The van der Waals surface area contributed by atoms with E-state index in [4.69, 9.17) is 0 Å². The Labute approximate surface area is 127 Å². The van der Waals surface area contributed by atoms with Gasteiger partial charge in [-0.15, -0.1) is 0 Å². The molecule has 1 aliphatic rings. The van der Waals surface area contributed by atoms with Crippen molar-refractivity contribution in [3.8, 4) is 0 Å². The Bertz CT molecular complexity index is 494. The number of piperidine rings is 1. The van der Waals surface area contributed by atoms with Crippen LogP contribution in [0.3, 0.4) is 0 Å². The molecule has 0 bridgehead atoms. The maximum Gasteiger partial charge on any atom is 0.222 e. The highest BCUT2D eigenvalue weighted by molar-refractivity contribution is 5.77. The average Bonchev–Trinajstić information content (AvgIpc) is 2.72. The van der Waals surface area contributed by atoms with Gasteiger partial charge in [0.05, 0.1) is 6.20 Å². The number of hydrogen-bond acceptors (Lipinski definition) is 3. The quantitative estimate of drug-likeness (QED) is 0.831. The van der Waals surface area contributed by atoms with E-state index in [1.165, 1.54) is 11.3 Å². The van der Waals surface area contributed by atoms with Crippen LogP contribution < -0.4 is 0 Å². The van der Waals surface area contributed by atoms with E-state index in [0.717, 1.165) is 26.1 Å². The highest BCUT2D eigenvalue weighted by Crippen LogP contribution is 2.21. The summed E-state index contributed by atoms with van der Waals surface area (Å²) in [5.41, 5.74) is 2.51. The molecular formula is C16H28N4O. The van der Waals surface area contributed by atoms with Gasteiger partial charge < -0.3 is 9.80 Å². The van der Waals surface area contributed by atoms with Gasteiger partial charge in [-0.2, -0.15) is 5.10 Å². The molecule has 5 heteroatoms. The van der Waals surface area contributed by atoms with Crippen LogP contribution in [0.15, 0.2) is 6.20 Å². The standard InChI is InChI=1S/C16H28N4O/c1-12(2)20-10-14(6-7-16(20)21)9-18(4)11-15-8-17-19(5)13(15)3/h8,12,14H,6-7,9-11H2,1-5H3. The summed E-state index contributed by atoms with van der Waals surface area (Å²) in [7, 11) is 4.13. The minimum absolute atomic E-state index is 0.311. The second-order valence-corrected chi connectivity index (χ2v) is 6.62. The van der Waals surface area contributed by atoms with E-state index in [1.807, 2.05) is 22.8 Å². The van der Waals surface area contributed by atoms with E-state index in [0.29, 0.717) is 24.3 Å². The van der Waals surface area contributed by atoms with Crippen LogP contribution in [0.25, 0.3) is 0 Å². The molecule has 0 spiro atoms. The fraction of sp³-hybridized carbons (Fsp3) is 0.750. The fourth-order valence-corrected chi connectivity index (χ4v) is 3.09. The van der Waals surface area contributed by atoms with Gasteiger partial charge in [0.25, 0.3) is 0 Å². The number of nitrogens with zero attached hydrogens (tertiary/aromatic N) is 4. The van der Waals surface area contributed by atoms with Crippen LogP contribution in [-0.2, 0) is 18.4 Å². The Morgan fingerprint density at radius 2 is 2.19 bits per heavy atom. The molecule has 0 aliphatic carbocycles. The number of carbonyl (C=O) groups excluding carboxylic acids is 1. The van der Waals surface area contributed by atoms with Crippen LogP contribution in [0.5, 0.6) is 0 Å². The molecule has 1 aromatic heterocycles. The van der Waals surface area contributed by atoms with Gasteiger partial charge in [-0.1, -0.05) is 0 Å². The zero-order valence-corrected chi connectivity index (χ0v) is 14.0. The van der Waals surface area contributed by atoms with Gasteiger partial charge in [-0.25, -0.2) is 0 Å². The lowest BCUT2D eigenvalue weighted by Crippen LogP contribution is -2.46. The number of hydrogen-bond donors (Lipinski definition) is 0. The smallest absolute Gasteiger partial charge is 0.222 e. The van der Waals surface area contributed by atoms with E-state index in [2.05, 4.69) is 37.8 Å². The second kappa shape index (κ2) is 6.60. The molecule has 2 heterocycles. The van der Waals surface area contributed by atoms with Gasteiger partial charge >= 0.3 is 0 Å². The molecule has 1 fully saturated rings. The van der Waals surface area contributed by atoms with Gasteiger partial charge in [0.15, 0.2) is 0 Å². The van der Waals surface area contributed by atoms with Crippen molar-refractivity contribution in [2.45, 2.75) is 46.2 Å². The third-order valence-electron chi connectivity index (χ3n) is 4.51. The normalized spacial score (nSPS) is 19.9. The fourth-order valence-electron chi connectivity index (χ4n) is 3.09. The molecule has 1 saturated heterocycles. The molecule has 0 saturated carbocycles. The number of amides is 1. The van der Waals surface area contributed by atoms with E-state index in [1.54, 1.807) is 0 Å². The van der Waals surface area contributed by atoms with E-state index in [9.17, 15) is 4.79 Å². The first kappa shape index (κ1) is 16.0. The lowest BCUT2D eigenvalue weighted by atomic mass is 9.96. The number of aryl methyl sites for hydroxylation is 1. The Morgan fingerprint density at radius 1 is 1.48 bits per heavy atom. The maximum atomic E-state index is 11.9. The molecule has 1 amide bonds. The number of carbonyl (C=O) groups is 1. The molecular weight excluding hydrogens is 264 g/mol. The van der Waals surface area contributed by atoms with E-state index >= 15 is 0 Å². The summed E-state index contributed by atoms with van der Waals surface area (Å²) in [6.07, 6.45) is 3.66. The average molecular weight is 292 g/mol. The molecule has 1 atom stereocenters. The van der Waals surface area contributed by atoms with Crippen molar-refractivity contribution in [2.75, 3.05) is 20.1 Å². The molecule has 21 heavy (non-hydrogen) atoms. The predicted octanol–water partition coefficient (Wildman–Crippen LogP) is 1.81. The van der Waals surface area contributed by atoms with Crippen LogP contribution in [-0.4, -0.2) is 51.7 Å². The number of aromatic nitrogens is 2.